The van der Waals surface area contributed by atoms with E-state index in [0.29, 0.717) is 18.2 Å². The average Bonchev–Trinajstić information content (AvgIpc) is 3.10. The number of carbonyl (C=O) groups excluding carboxylic acids is 1. The van der Waals surface area contributed by atoms with Crippen LogP contribution in [0.5, 0.6) is 0 Å². The molecule has 7 heteroatoms. The third-order valence-electron chi connectivity index (χ3n) is 3.32. The first-order chi connectivity index (χ1) is 11.9. The van der Waals surface area contributed by atoms with Crippen LogP contribution in [0.2, 0.25) is 0 Å². The van der Waals surface area contributed by atoms with Crippen molar-refractivity contribution in [2.75, 3.05) is 6.54 Å². The molecule has 0 spiro atoms. The molecule has 0 aliphatic carbocycles. The van der Waals surface area contributed by atoms with Crippen LogP contribution in [0.1, 0.15) is 25.2 Å². The molecular weight excluding hydrogens is 340 g/mol. The van der Waals surface area contributed by atoms with E-state index >= 15 is 0 Å². The van der Waals surface area contributed by atoms with Crippen molar-refractivity contribution in [2.24, 2.45) is 5.92 Å². The number of nitrogens with one attached hydrogen (secondary N) is 2. The minimum Gasteiger partial charge on any atom is -0.468 e. The van der Waals surface area contributed by atoms with Crippen LogP contribution in [-0.2, 0) is 21.4 Å². The van der Waals surface area contributed by atoms with E-state index in [1.165, 1.54) is 24.5 Å². The van der Waals surface area contributed by atoms with Crippen molar-refractivity contribution < 1.29 is 17.6 Å². The Morgan fingerprint density at radius 1 is 1.20 bits per heavy atom. The summed E-state index contributed by atoms with van der Waals surface area (Å²) in [5, 5.41) is 2.78. The highest BCUT2D eigenvalue weighted by Gasteiger charge is 2.13. The molecular formula is C18H22N2O4S. The molecule has 1 amide bonds. The van der Waals surface area contributed by atoms with Gasteiger partial charge in [0, 0.05) is 12.6 Å². The normalized spacial score (nSPS) is 12.0. The maximum atomic E-state index is 12.2. The van der Waals surface area contributed by atoms with Gasteiger partial charge in [-0.05, 0) is 41.8 Å². The van der Waals surface area contributed by atoms with E-state index in [-0.39, 0.29) is 17.3 Å². The first-order valence-electron chi connectivity index (χ1n) is 7.95. The van der Waals surface area contributed by atoms with E-state index in [4.69, 9.17) is 4.42 Å². The first-order valence-corrected chi connectivity index (χ1v) is 9.43. The highest BCUT2D eigenvalue weighted by atomic mass is 32.2. The van der Waals surface area contributed by atoms with Crippen molar-refractivity contribution in [2.45, 2.75) is 25.3 Å². The molecule has 6 nitrogen and oxygen atoms in total. The highest BCUT2D eigenvalue weighted by Crippen LogP contribution is 2.12. The molecule has 2 rings (SSSR count). The van der Waals surface area contributed by atoms with Crippen LogP contribution in [0, 0.1) is 5.92 Å². The van der Waals surface area contributed by atoms with Crippen LogP contribution < -0.4 is 10.0 Å². The summed E-state index contributed by atoms with van der Waals surface area (Å²) in [7, 11) is -3.62. The van der Waals surface area contributed by atoms with Crippen molar-refractivity contribution in [3.63, 3.8) is 0 Å². The van der Waals surface area contributed by atoms with E-state index in [1.54, 1.807) is 30.3 Å². The Balaban J connectivity index is 1.95. The standard InChI is InChI=1S/C18H22N2O4S/c1-14(2)12-19-18(21)10-7-15-5-8-17(9-6-15)25(22,23)20-13-16-4-3-11-24-16/h3-11,14,20H,12-13H2,1-2H3,(H,19,21)/b10-7+. The molecule has 0 aliphatic heterocycles. The van der Waals surface area contributed by atoms with E-state index in [1.807, 2.05) is 13.8 Å². The summed E-state index contributed by atoms with van der Waals surface area (Å²) in [4.78, 5) is 11.8. The molecule has 0 aliphatic rings. The van der Waals surface area contributed by atoms with Crippen LogP contribution >= 0.6 is 0 Å². The van der Waals surface area contributed by atoms with Crippen molar-refractivity contribution in [3.8, 4) is 0 Å². The minimum absolute atomic E-state index is 0.0903. The Morgan fingerprint density at radius 2 is 1.92 bits per heavy atom. The molecule has 0 unspecified atom stereocenters. The molecule has 0 saturated carbocycles. The molecule has 1 heterocycles. The fourth-order valence-electron chi connectivity index (χ4n) is 1.96. The minimum atomic E-state index is -3.62. The predicted molar refractivity (Wildman–Crippen MR) is 96.1 cm³/mol. The summed E-state index contributed by atoms with van der Waals surface area (Å²) in [5.74, 6) is 0.747. The van der Waals surface area contributed by atoms with Crippen LogP contribution in [0.15, 0.2) is 58.1 Å². The number of hydrogen-bond donors (Lipinski definition) is 2. The smallest absolute Gasteiger partial charge is 0.244 e. The number of sulfonamides is 1. The fraction of sp³-hybridized carbons (Fsp3) is 0.278. The zero-order chi connectivity index (χ0) is 18.3. The second-order valence-corrected chi connectivity index (χ2v) is 7.71. The van der Waals surface area contributed by atoms with Crippen LogP contribution in [-0.4, -0.2) is 20.9 Å². The van der Waals surface area contributed by atoms with E-state index in [9.17, 15) is 13.2 Å². The average molecular weight is 362 g/mol. The van der Waals surface area contributed by atoms with Gasteiger partial charge in [0.25, 0.3) is 0 Å². The van der Waals surface area contributed by atoms with Crippen LogP contribution in [0.4, 0.5) is 0 Å². The predicted octanol–water partition coefficient (Wildman–Crippen LogP) is 2.54. The zero-order valence-electron chi connectivity index (χ0n) is 14.2. The summed E-state index contributed by atoms with van der Waals surface area (Å²) in [6, 6.07) is 9.68. The SMILES string of the molecule is CC(C)CNC(=O)/C=C/c1ccc(S(=O)(=O)NCc2ccco2)cc1. The molecule has 0 saturated heterocycles. The van der Waals surface area contributed by atoms with Gasteiger partial charge in [-0.3, -0.25) is 4.79 Å². The van der Waals surface area contributed by atoms with Gasteiger partial charge in [-0.15, -0.1) is 0 Å². The Hall–Kier alpha value is -2.38. The number of benzene rings is 1. The molecule has 1 aromatic carbocycles. The van der Waals surface area contributed by atoms with Gasteiger partial charge in [0.2, 0.25) is 15.9 Å². The van der Waals surface area contributed by atoms with Gasteiger partial charge in [-0.25, -0.2) is 13.1 Å². The molecule has 0 atom stereocenters. The van der Waals surface area contributed by atoms with Gasteiger partial charge >= 0.3 is 0 Å². The summed E-state index contributed by atoms with van der Waals surface area (Å²) < 4.78 is 32.0. The fourth-order valence-corrected chi connectivity index (χ4v) is 2.95. The summed E-state index contributed by atoms with van der Waals surface area (Å²) >= 11 is 0. The third-order valence-corrected chi connectivity index (χ3v) is 4.74. The maximum absolute atomic E-state index is 12.2. The lowest BCUT2D eigenvalue weighted by atomic mass is 10.2. The number of amides is 1. The zero-order valence-corrected chi connectivity index (χ0v) is 15.0. The van der Waals surface area contributed by atoms with Gasteiger partial charge in [0.1, 0.15) is 5.76 Å². The second-order valence-electron chi connectivity index (χ2n) is 5.95. The molecule has 1 aromatic heterocycles. The van der Waals surface area contributed by atoms with E-state index < -0.39 is 10.0 Å². The summed E-state index contributed by atoms with van der Waals surface area (Å²) in [5.41, 5.74) is 0.740. The molecule has 0 bridgehead atoms. The van der Waals surface area contributed by atoms with Gasteiger partial charge in [-0.2, -0.15) is 0 Å². The molecule has 25 heavy (non-hydrogen) atoms. The van der Waals surface area contributed by atoms with Crippen molar-refractivity contribution >= 4 is 22.0 Å². The van der Waals surface area contributed by atoms with Crippen LogP contribution in [0.3, 0.4) is 0 Å². The number of carbonyl (C=O) groups is 1. The van der Waals surface area contributed by atoms with Crippen molar-refractivity contribution in [1.29, 1.82) is 0 Å². The number of furan rings is 1. The first kappa shape index (κ1) is 19.0. The Bertz CT molecular complexity index is 807. The summed E-state index contributed by atoms with van der Waals surface area (Å²) in [6.45, 7) is 4.74. The lowest BCUT2D eigenvalue weighted by Gasteiger charge is -2.06. The second kappa shape index (κ2) is 8.64. The van der Waals surface area contributed by atoms with Gasteiger partial charge in [0.15, 0.2) is 0 Å². The highest BCUT2D eigenvalue weighted by molar-refractivity contribution is 7.89. The maximum Gasteiger partial charge on any atom is 0.244 e. The number of hydrogen-bond acceptors (Lipinski definition) is 4. The Kier molecular flexibility index (Phi) is 6.55. The molecule has 2 N–H and O–H groups in total. The quantitative estimate of drug-likeness (QED) is 0.707. The largest absolute Gasteiger partial charge is 0.468 e. The topological polar surface area (TPSA) is 88.4 Å². The van der Waals surface area contributed by atoms with Crippen molar-refractivity contribution in [1.82, 2.24) is 10.0 Å². The third kappa shape index (κ3) is 6.21. The monoisotopic (exact) mass is 362 g/mol. The number of rotatable bonds is 8. The van der Waals surface area contributed by atoms with Gasteiger partial charge < -0.3 is 9.73 Å². The van der Waals surface area contributed by atoms with E-state index in [2.05, 4.69) is 10.0 Å². The molecule has 2 aromatic rings. The van der Waals surface area contributed by atoms with E-state index in [0.717, 1.165) is 5.56 Å². The van der Waals surface area contributed by atoms with Crippen LogP contribution in [0.25, 0.3) is 6.08 Å². The van der Waals surface area contributed by atoms with Gasteiger partial charge in [-0.1, -0.05) is 26.0 Å². The Labute approximate surface area is 148 Å². The van der Waals surface area contributed by atoms with Gasteiger partial charge in [0.05, 0.1) is 17.7 Å². The molecule has 134 valence electrons. The Morgan fingerprint density at radius 3 is 2.52 bits per heavy atom. The lowest BCUT2D eigenvalue weighted by Crippen LogP contribution is -2.25. The lowest BCUT2D eigenvalue weighted by molar-refractivity contribution is -0.116. The summed E-state index contributed by atoms with van der Waals surface area (Å²) in [6.07, 6.45) is 4.56. The van der Waals surface area contributed by atoms with Crippen molar-refractivity contribution in [3.05, 3.63) is 60.1 Å². The molecule has 0 fully saturated rings. The molecule has 0 radical (unpaired) electrons.